The monoisotopic (exact) mass is 478 g/mol. The van der Waals surface area contributed by atoms with Gasteiger partial charge in [-0.1, -0.05) is 11.6 Å². The van der Waals surface area contributed by atoms with E-state index in [-0.39, 0.29) is 9.92 Å². The van der Waals surface area contributed by atoms with Crippen LogP contribution in [0.2, 0.25) is 5.02 Å². The molecule has 0 atom stereocenters. The van der Waals surface area contributed by atoms with Crippen LogP contribution < -0.4 is 14.8 Å². The van der Waals surface area contributed by atoms with Gasteiger partial charge in [0.2, 0.25) is 10.0 Å². The summed E-state index contributed by atoms with van der Waals surface area (Å²) in [5, 5.41) is 5.05. The van der Waals surface area contributed by atoms with Crippen molar-refractivity contribution in [1.82, 2.24) is 9.88 Å². The molecule has 0 saturated carbocycles. The molecule has 12 heteroatoms. The number of ether oxygens (including phenoxy) is 1. The lowest BCUT2D eigenvalue weighted by atomic mass is 10.2. The molecule has 3 rings (SSSR count). The lowest BCUT2D eigenvalue weighted by molar-refractivity contribution is -0.137. The average Bonchev–Trinajstić information content (AvgIpc) is 2.92. The molecule has 0 unspecified atom stereocenters. The molecular formula is C19H22ClF3N4O3S. The second-order valence-electron chi connectivity index (χ2n) is 7.07. The van der Waals surface area contributed by atoms with Gasteiger partial charge in [0.05, 0.1) is 15.5 Å². The third kappa shape index (κ3) is 6.45. The SMILES string of the molecule is NS(=O)(=O)c1ccc(OCCN2CCCN(c3ncc(C(F)(F)F)cc3Cl)CC2)cc1. The van der Waals surface area contributed by atoms with Gasteiger partial charge in [0.25, 0.3) is 0 Å². The molecule has 0 radical (unpaired) electrons. The molecule has 0 amide bonds. The van der Waals surface area contributed by atoms with Gasteiger partial charge in [0, 0.05) is 38.9 Å². The Kier molecular flexibility index (Phi) is 7.30. The highest BCUT2D eigenvalue weighted by Crippen LogP contribution is 2.33. The zero-order valence-electron chi connectivity index (χ0n) is 16.5. The van der Waals surface area contributed by atoms with Crippen molar-refractivity contribution < 1.29 is 26.3 Å². The standard InChI is InChI=1S/C19H22ClF3N4O3S/c20-17-12-14(19(21,22)23)13-25-18(17)27-7-1-6-26(8-9-27)10-11-30-15-2-4-16(5-3-15)31(24,28)29/h2-5,12-13H,1,6-11H2,(H2,24,28,29). The molecule has 0 spiro atoms. The van der Waals surface area contributed by atoms with E-state index in [0.717, 1.165) is 25.2 Å². The summed E-state index contributed by atoms with van der Waals surface area (Å²) in [6.07, 6.45) is -2.88. The predicted molar refractivity (Wildman–Crippen MR) is 111 cm³/mol. The van der Waals surface area contributed by atoms with Gasteiger partial charge < -0.3 is 9.64 Å². The first-order chi connectivity index (χ1) is 14.5. The summed E-state index contributed by atoms with van der Waals surface area (Å²) in [6.45, 7) is 3.70. The van der Waals surface area contributed by atoms with Crippen LogP contribution >= 0.6 is 11.6 Å². The van der Waals surface area contributed by atoms with Crippen molar-refractivity contribution in [2.45, 2.75) is 17.5 Å². The van der Waals surface area contributed by atoms with Crippen molar-refractivity contribution in [1.29, 1.82) is 0 Å². The number of nitrogens with two attached hydrogens (primary N) is 1. The Morgan fingerprint density at radius 3 is 2.45 bits per heavy atom. The molecule has 7 nitrogen and oxygen atoms in total. The zero-order valence-corrected chi connectivity index (χ0v) is 18.1. The van der Waals surface area contributed by atoms with Crippen LogP contribution in [-0.4, -0.2) is 57.6 Å². The van der Waals surface area contributed by atoms with Gasteiger partial charge in [0.15, 0.2) is 0 Å². The molecule has 1 saturated heterocycles. The van der Waals surface area contributed by atoms with Gasteiger partial charge in [-0.25, -0.2) is 18.5 Å². The minimum Gasteiger partial charge on any atom is -0.492 e. The molecule has 2 aromatic rings. The van der Waals surface area contributed by atoms with Crippen molar-refractivity contribution in [2.75, 3.05) is 44.2 Å². The molecule has 1 aromatic heterocycles. The second kappa shape index (κ2) is 9.60. The number of sulfonamides is 1. The van der Waals surface area contributed by atoms with Gasteiger partial charge >= 0.3 is 6.18 Å². The molecule has 2 heterocycles. The van der Waals surface area contributed by atoms with Gasteiger partial charge in [-0.2, -0.15) is 13.2 Å². The number of hydrogen-bond acceptors (Lipinski definition) is 6. The van der Waals surface area contributed by atoms with Crippen molar-refractivity contribution in [3.8, 4) is 5.75 Å². The molecule has 170 valence electrons. The normalized spacial score (nSPS) is 16.2. The Labute approximate surface area is 183 Å². The number of primary sulfonamides is 1. The van der Waals surface area contributed by atoms with Crippen molar-refractivity contribution in [2.24, 2.45) is 5.14 Å². The van der Waals surface area contributed by atoms with Crippen molar-refractivity contribution >= 4 is 27.4 Å². The molecule has 1 fully saturated rings. The number of anilines is 1. The number of pyridine rings is 1. The smallest absolute Gasteiger partial charge is 0.417 e. The fourth-order valence-electron chi connectivity index (χ4n) is 3.24. The molecule has 1 aromatic carbocycles. The molecule has 2 N–H and O–H groups in total. The number of hydrogen-bond donors (Lipinski definition) is 1. The molecule has 31 heavy (non-hydrogen) atoms. The fourth-order valence-corrected chi connectivity index (χ4v) is 4.04. The van der Waals surface area contributed by atoms with E-state index >= 15 is 0 Å². The number of rotatable bonds is 6. The minimum atomic E-state index is -4.48. The fraction of sp³-hybridized carbons (Fsp3) is 0.421. The summed E-state index contributed by atoms with van der Waals surface area (Å²) in [6, 6.07) is 6.76. The van der Waals surface area contributed by atoms with Crippen LogP contribution in [0.3, 0.4) is 0 Å². The summed E-state index contributed by atoms with van der Waals surface area (Å²) in [7, 11) is -3.74. The van der Waals surface area contributed by atoms with Gasteiger partial charge in [-0.05, 0) is 36.8 Å². The molecule has 0 bridgehead atoms. The molecular weight excluding hydrogens is 457 g/mol. The maximum atomic E-state index is 12.8. The number of alkyl halides is 3. The first-order valence-corrected chi connectivity index (χ1v) is 11.4. The van der Waals surface area contributed by atoms with E-state index in [2.05, 4.69) is 9.88 Å². The summed E-state index contributed by atoms with van der Waals surface area (Å²) < 4.78 is 66.6. The minimum absolute atomic E-state index is 0.0167. The second-order valence-corrected chi connectivity index (χ2v) is 9.04. The maximum absolute atomic E-state index is 12.8. The van der Waals surface area contributed by atoms with Crippen LogP contribution in [0.5, 0.6) is 5.75 Å². The number of nitrogens with zero attached hydrogens (tertiary/aromatic N) is 3. The van der Waals surface area contributed by atoms with Gasteiger partial charge in [0.1, 0.15) is 18.2 Å². The van der Waals surface area contributed by atoms with E-state index in [4.69, 9.17) is 21.5 Å². The van der Waals surface area contributed by atoms with Gasteiger partial charge in [-0.15, -0.1) is 0 Å². The Hall–Kier alpha value is -2.08. The van der Waals surface area contributed by atoms with Crippen LogP contribution in [0.25, 0.3) is 0 Å². The molecule has 0 aliphatic carbocycles. The summed E-state index contributed by atoms with van der Waals surface area (Å²) >= 11 is 6.07. The molecule has 1 aliphatic rings. The van der Waals surface area contributed by atoms with Crippen molar-refractivity contribution in [3.63, 3.8) is 0 Å². The highest BCUT2D eigenvalue weighted by molar-refractivity contribution is 7.89. The van der Waals surface area contributed by atoms with Crippen LogP contribution in [-0.2, 0) is 16.2 Å². The van der Waals surface area contributed by atoms with Crippen LogP contribution in [0.1, 0.15) is 12.0 Å². The topological polar surface area (TPSA) is 88.8 Å². The number of aromatic nitrogens is 1. The lowest BCUT2D eigenvalue weighted by Crippen LogP contribution is -2.33. The summed E-state index contributed by atoms with van der Waals surface area (Å²) in [4.78, 5) is 8.02. The zero-order chi connectivity index (χ0) is 22.6. The summed E-state index contributed by atoms with van der Waals surface area (Å²) in [5.41, 5.74) is -0.869. The third-order valence-corrected chi connectivity index (χ3v) is 6.07. The largest absolute Gasteiger partial charge is 0.492 e. The molecule has 1 aliphatic heterocycles. The Morgan fingerprint density at radius 2 is 1.84 bits per heavy atom. The number of halogens is 4. The lowest BCUT2D eigenvalue weighted by Gasteiger charge is -2.24. The van der Waals surface area contributed by atoms with Gasteiger partial charge in [-0.3, -0.25) is 4.90 Å². The first-order valence-electron chi connectivity index (χ1n) is 9.50. The predicted octanol–water partition coefficient (Wildman–Crippen LogP) is 2.99. The average molecular weight is 479 g/mol. The highest BCUT2D eigenvalue weighted by atomic mass is 35.5. The Morgan fingerprint density at radius 1 is 1.13 bits per heavy atom. The van der Waals surface area contributed by atoms with E-state index in [1.54, 1.807) is 12.1 Å². The van der Waals surface area contributed by atoms with Crippen LogP contribution in [0.4, 0.5) is 19.0 Å². The summed E-state index contributed by atoms with van der Waals surface area (Å²) in [5.74, 6) is 0.882. The van der Waals surface area contributed by atoms with E-state index in [9.17, 15) is 21.6 Å². The Bertz CT molecular complexity index is 1000. The van der Waals surface area contributed by atoms with E-state index in [0.29, 0.717) is 44.4 Å². The van der Waals surface area contributed by atoms with Crippen LogP contribution in [0, 0.1) is 0 Å². The quantitative estimate of drug-likeness (QED) is 0.686. The van der Waals surface area contributed by atoms with E-state index < -0.39 is 21.8 Å². The first kappa shape index (κ1) is 23.6. The van der Waals surface area contributed by atoms with Crippen molar-refractivity contribution in [3.05, 3.63) is 47.1 Å². The Balaban J connectivity index is 1.51. The van der Waals surface area contributed by atoms with E-state index in [1.165, 1.54) is 12.1 Å². The number of benzene rings is 1. The van der Waals surface area contributed by atoms with E-state index in [1.807, 2.05) is 4.90 Å². The van der Waals surface area contributed by atoms with Crippen LogP contribution in [0.15, 0.2) is 41.4 Å². The maximum Gasteiger partial charge on any atom is 0.417 e. The third-order valence-electron chi connectivity index (χ3n) is 4.87. The highest BCUT2D eigenvalue weighted by Gasteiger charge is 2.32.